The van der Waals surface area contributed by atoms with Crippen molar-refractivity contribution >= 4 is 30.8 Å². The Kier molecular flexibility index (Phi) is 7.54. The molecule has 27 heavy (non-hydrogen) atoms. The third-order valence-corrected chi connectivity index (χ3v) is 3.96. The Morgan fingerprint density at radius 1 is 1.15 bits per heavy atom. The molecule has 0 saturated carbocycles. The minimum atomic E-state index is -1.62. The summed E-state index contributed by atoms with van der Waals surface area (Å²) in [5, 5.41) is 0. The molecule has 1 saturated heterocycles. The number of ketones is 1. The van der Waals surface area contributed by atoms with Crippen molar-refractivity contribution in [3.63, 3.8) is 0 Å². The highest BCUT2D eigenvalue weighted by Crippen LogP contribution is 2.21. The van der Waals surface area contributed by atoms with Gasteiger partial charge in [-0.15, -0.1) is 0 Å². The number of esters is 1. The van der Waals surface area contributed by atoms with Crippen LogP contribution in [0.25, 0.3) is 0 Å². The van der Waals surface area contributed by atoms with E-state index in [9.17, 15) is 19.2 Å². The summed E-state index contributed by atoms with van der Waals surface area (Å²) in [5.74, 6) is -4.29. The Hall–Kier alpha value is -2.68. The molecule has 1 fully saturated rings. The number of carbonyl (C=O) groups excluding carboxylic acids is 4. The SMILES string of the molecule is CCOC(=O)C(B1OC(=O)CN(C)CC(=O)O1)C(=O)CCc1ccccc1. The maximum Gasteiger partial charge on any atom is 0.621 e. The van der Waals surface area contributed by atoms with Crippen LogP contribution in [0.3, 0.4) is 0 Å². The standard InChI is InChI=1S/C18H22BNO7/c1-3-25-18(24)17(14(21)10-9-13-7-5-4-6-8-13)19-26-15(22)11-20(2)12-16(23)27-19/h4-8,17H,3,9-12H2,1-2H3. The summed E-state index contributed by atoms with van der Waals surface area (Å²) in [6.07, 6.45) is 0.409. The molecule has 144 valence electrons. The first-order valence-electron chi connectivity index (χ1n) is 8.71. The first-order chi connectivity index (χ1) is 12.9. The molecular weight excluding hydrogens is 353 g/mol. The molecule has 8 nitrogen and oxygen atoms in total. The van der Waals surface area contributed by atoms with Crippen molar-refractivity contribution in [2.24, 2.45) is 0 Å². The van der Waals surface area contributed by atoms with Crippen LogP contribution >= 0.6 is 0 Å². The molecule has 0 N–H and O–H groups in total. The van der Waals surface area contributed by atoms with E-state index in [0.717, 1.165) is 5.56 Å². The maximum absolute atomic E-state index is 12.7. The number of carbonyl (C=O) groups is 4. The molecule has 1 atom stereocenters. The van der Waals surface area contributed by atoms with Crippen LogP contribution in [0.4, 0.5) is 0 Å². The largest absolute Gasteiger partial charge is 0.621 e. The molecule has 1 heterocycles. The zero-order valence-corrected chi connectivity index (χ0v) is 15.4. The van der Waals surface area contributed by atoms with Gasteiger partial charge in [-0.1, -0.05) is 30.3 Å². The average Bonchev–Trinajstić information content (AvgIpc) is 2.59. The van der Waals surface area contributed by atoms with Crippen molar-refractivity contribution in [2.75, 3.05) is 26.7 Å². The van der Waals surface area contributed by atoms with Crippen LogP contribution in [0.15, 0.2) is 30.3 Å². The fourth-order valence-electron chi connectivity index (χ4n) is 2.68. The summed E-state index contributed by atoms with van der Waals surface area (Å²) in [6, 6.07) is 9.27. The van der Waals surface area contributed by atoms with E-state index in [2.05, 4.69) is 0 Å². The van der Waals surface area contributed by atoms with E-state index in [0.29, 0.717) is 6.42 Å². The summed E-state index contributed by atoms with van der Waals surface area (Å²) in [4.78, 5) is 50.3. The Labute approximate surface area is 157 Å². The van der Waals surface area contributed by atoms with Crippen molar-refractivity contribution in [1.29, 1.82) is 0 Å². The maximum atomic E-state index is 12.7. The molecule has 1 aromatic rings. The minimum Gasteiger partial charge on any atom is -0.497 e. The quantitative estimate of drug-likeness (QED) is 0.389. The molecule has 0 aromatic heterocycles. The summed E-state index contributed by atoms with van der Waals surface area (Å²) >= 11 is 0. The topological polar surface area (TPSA) is 99.2 Å². The van der Waals surface area contributed by atoms with Gasteiger partial charge >= 0.3 is 25.0 Å². The first-order valence-corrected chi connectivity index (χ1v) is 8.71. The van der Waals surface area contributed by atoms with Gasteiger partial charge in [-0.2, -0.15) is 0 Å². The van der Waals surface area contributed by atoms with Crippen LogP contribution in [0.1, 0.15) is 18.9 Å². The third-order valence-electron chi connectivity index (χ3n) is 3.96. The lowest BCUT2D eigenvalue weighted by atomic mass is 9.67. The molecule has 1 aromatic carbocycles. The molecule has 0 aliphatic carbocycles. The Morgan fingerprint density at radius 2 is 1.74 bits per heavy atom. The second kappa shape index (κ2) is 9.87. The van der Waals surface area contributed by atoms with E-state index in [1.165, 1.54) is 4.90 Å². The molecule has 0 radical (unpaired) electrons. The Balaban J connectivity index is 2.16. The van der Waals surface area contributed by atoms with Crippen molar-refractivity contribution in [3.8, 4) is 0 Å². The summed E-state index contributed by atoms with van der Waals surface area (Å²) < 4.78 is 15.1. The fourth-order valence-corrected chi connectivity index (χ4v) is 2.68. The van der Waals surface area contributed by atoms with E-state index in [1.807, 2.05) is 30.3 Å². The Morgan fingerprint density at radius 3 is 2.30 bits per heavy atom. The fraction of sp³-hybridized carbons (Fsp3) is 0.444. The average molecular weight is 375 g/mol. The van der Waals surface area contributed by atoms with Crippen molar-refractivity contribution in [1.82, 2.24) is 4.90 Å². The van der Waals surface area contributed by atoms with Crippen LogP contribution in [0.5, 0.6) is 0 Å². The monoisotopic (exact) mass is 375 g/mol. The highest BCUT2D eigenvalue weighted by Gasteiger charge is 2.49. The lowest BCUT2D eigenvalue weighted by Crippen LogP contribution is -2.48. The summed E-state index contributed by atoms with van der Waals surface area (Å²) in [6.45, 7) is 1.33. The number of aryl methyl sites for hydroxylation is 1. The molecule has 0 spiro atoms. The molecule has 0 bridgehead atoms. The number of likely N-dealkylation sites (N-methyl/N-ethyl adjacent to an activating group) is 1. The lowest BCUT2D eigenvalue weighted by molar-refractivity contribution is -0.149. The molecule has 1 unspecified atom stereocenters. The van der Waals surface area contributed by atoms with Gasteiger partial charge in [-0.25, -0.2) is 0 Å². The zero-order valence-electron chi connectivity index (χ0n) is 15.4. The summed E-state index contributed by atoms with van der Waals surface area (Å²) in [7, 11) is -0.0718. The van der Waals surface area contributed by atoms with Gasteiger partial charge in [0.05, 0.1) is 19.7 Å². The molecule has 0 amide bonds. The van der Waals surface area contributed by atoms with Crippen molar-refractivity contribution in [2.45, 2.75) is 25.6 Å². The molecule has 2 rings (SSSR count). The molecule has 1 aliphatic rings. The van der Waals surface area contributed by atoms with Gasteiger partial charge in [0.15, 0.2) is 5.82 Å². The number of hydrogen-bond acceptors (Lipinski definition) is 8. The smallest absolute Gasteiger partial charge is 0.497 e. The van der Waals surface area contributed by atoms with E-state index in [1.54, 1.807) is 14.0 Å². The van der Waals surface area contributed by atoms with Gasteiger partial charge in [0.1, 0.15) is 5.78 Å². The van der Waals surface area contributed by atoms with Gasteiger partial charge in [-0.3, -0.25) is 24.1 Å². The molecule has 9 heteroatoms. The van der Waals surface area contributed by atoms with Gasteiger partial charge < -0.3 is 14.0 Å². The van der Waals surface area contributed by atoms with Crippen LogP contribution in [-0.2, 0) is 39.6 Å². The predicted octanol–water partition coefficient (Wildman–Crippen LogP) is 0.642. The van der Waals surface area contributed by atoms with Crippen molar-refractivity contribution in [3.05, 3.63) is 35.9 Å². The number of benzene rings is 1. The van der Waals surface area contributed by atoms with E-state index >= 15 is 0 Å². The van der Waals surface area contributed by atoms with Crippen LogP contribution in [0, 0.1) is 0 Å². The number of rotatable bonds is 7. The number of hydrogen-bond donors (Lipinski definition) is 0. The van der Waals surface area contributed by atoms with Gasteiger partial charge in [0, 0.05) is 6.42 Å². The van der Waals surface area contributed by atoms with Gasteiger partial charge in [-0.05, 0) is 26.0 Å². The molecule has 1 aliphatic heterocycles. The van der Waals surface area contributed by atoms with Crippen LogP contribution < -0.4 is 0 Å². The lowest BCUT2D eigenvalue weighted by Gasteiger charge is -2.25. The van der Waals surface area contributed by atoms with Crippen molar-refractivity contribution < 1.29 is 33.2 Å². The summed E-state index contributed by atoms with van der Waals surface area (Å²) in [5.41, 5.74) is 0.918. The zero-order chi connectivity index (χ0) is 19.8. The number of ether oxygens (including phenoxy) is 1. The minimum absolute atomic E-state index is 0.0129. The van der Waals surface area contributed by atoms with Crippen LogP contribution in [0.2, 0.25) is 5.82 Å². The first kappa shape index (κ1) is 20.6. The number of nitrogens with zero attached hydrogens (tertiary/aromatic N) is 1. The van der Waals surface area contributed by atoms with E-state index < -0.39 is 36.6 Å². The van der Waals surface area contributed by atoms with Gasteiger partial charge in [0.2, 0.25) is 0 Å². The highest BCUT2D eigenvalue weighted by atomic mass is 16.6. The van der Waals surface area contributed by atoms with Crippen LogP contribution in [-0.4, -0.2) is 62.5 Å². The van der Waals surface area contributed by atoms with Gasteiger partial charge in [0.25, 0.3) is 0 Å². The van der Waals surface area contributed by atoms with E-state index in [4.69, 9.17) is 14.0 Å². The predicted molar refractivity (Wildman–Crippen MR) is 95.6 cm³/mol. The van der Waals surface area contributed by atoms with E-state index in [-0.39, 0.29) is 26.1 Å². The number of Topliss-reactive ketones (excluding diaryl/α,β-unsaturated/α-hetero) is 1. The Bertz CT molecular complexity index is 674. The second-order valence-electron chi connectivity index (χ2n) is 6.20. The molecular formula is C18H22BNO7. The normalized spacial score (nSPS) is 16.6. The second-order valence-corrected chi connectivity index (χ2v) is 6.20. The highest BCUT2D eigenvalue weighted by molar-refractivity contribution is 6.61. The third kappa shape index (κ3) is 6.21.